The quantitative estimate of drug-likeness (QED) is 0.155. The fourth-order valence-electron chi connectivity index (χ4n) is 4.43. The second-order valence-corrected chi connectivity index (χ2v) is 10.2. The van der Waals surface area contributed by atoms with Crippen LogP contribution < -0.4 is 20.1 Å². The summed E-state index contributed by atoms with van der Waals surface area (Å²) in [5, 5.41) is 15.9. The van der Waals surface area contributed by atoms with Gasteiger partial charge in [0, 0.05) is 46.9 Å². The maximum Gasteiger partial charge on any atom is 0.330 e. The van der Waals surface area contributed by atoms with Crippen LogP contribution in [0.25, 0.3) is 21.9 Å². The molecule has 12 nitrogen and oxygen atoms in total. The summed E-state index contributed by atoms with van der Waals surface area (Å²) in [6.45, 7) is 1.38. The molecule has 2 aromatic heterocycles. The van der Waals surface area contributed by atoms with Crippen LogP contribution in [0.2, 0.25) is 0 Å². The van der Waals surface area contributed by atoms with E-state index in [4.69, 9.17) is 31.2 Å². The largest absolute Gasteiger partial charge is 0.497 e. The number of terminal acetylenes is 2. The fraction of sp³-hybridized carbons (Fsp3) is 0.294. The topological polar surface area (TPSA) is 167 Å². The first-order valence-corrected chi connectivity index (χ1v) is 13.8. The molecule has 0 bridgehead atoms. The molecule has 0 aliphatic rings. The van der Waals surface area contributed by atoms with E-state index in [-0.39, 0.29) is 31.6 Å². The van der Waals surface area contributed by atoms with Crippen molar-refractivity contribution in [3.8, 4) is 36.2 Å². The Morgan fingerprint density at radius 3 is 1.83 bits per heavy atom. The summed E-state index contributed by atoms with van der Waals surface area (Å²) in [7, 11) is 4.36. The van der Waals surface area contributed by atoms with Gasteiger partial charge in [0.2, 0.25) is 11.8 Å². The molecule has 2 aromatic carbocycles. The number of carbonyl (C=O) groups excluding carboxylic acids is 3. The highest BCUT2D eigenvalue weighted by molar-refractivity contribution is 5.92. The van der Waals surface area contributed by atoms with E-state index < -0.39 is 29.4 Å². The molecular formula is C34H34N2O10. The average molecular weight is 631 g/mol. The van der Waals surface area contributed by atoms with Crippen molar-refractivity contribution in [1.82, 2.24) is 10.6 Å². The number of nitrogens with one attached hydrogen (secondary N) is 2. The number of aliphatic carboxylic acids is 1. The molecule has 4 rings (SSSR count). The molecule has 2 atom stereocenters. The highest BCUT2D eigenvalue weighted by Crippen LogP contribution is 2.27. The third-order valence-electron chi connectivity index (χ3n) is 6.91. The van der Waals surface area contributed by atoms with Crippen LogP contribution >= 0.6 is 0 Å². The Morgan fingerprint density at radius 2 is 1.39 bits per heavy atom. The normalized spacial score (nSPS) is 12.3. The summed E-state index contributed by atoms with van der Waals surface area (Å²) in [6.07, 6.45) is 13.4. The lowest BCUT2D eigenvalue weighted by Gasteiger charge is -2.23. The number of hydrogen-bond donors (Lipinski definition) is 3. The van der Waals surface area contributed by atoms with Crippen molar-refractivity contribution in [2.45, 2.75) is 44.2 Å². The molecule has 0 unspecified atom stereocenters. The van der Waals surface area contributed by atoms with Crippen LogP contribution in [0.5, 0.6) is 11.5 Å². The zero-order chi connectivity index (χ0) is 33.9. The molecule has 0 fully saturated rings. The highest BCUT2D eigenvalue weighted by Gasteiger charge is 2.34. The van der Waals surface area contributed by atoms with Gasteiger partial charge in [0.1, 0.15) is 34.2 Å². The number of rotatable bonds is 12. The van der Waals surface area contributed by atoms with Gasteiger partial charge in [-0.3, -0.25) is 9.59 Å². The summed E-state index contributed by atoms with van der Waals surface area (Å²) in [5.41, 5.74) is 1.10. The molecule has 0 saturated carbocycles. The van der Waals surface area contributed by atoms with Crippen molar-refractivity contribution in [2.24, 2.45) is 0 Å². The molecular weight excluding hydrogens is 596 g/mol. The summed E-state index contributed by atoms with van der Waals surface area (Å²) in [4.78, 5) is 47.1. The maximum absolute atomic E-state index is 12.2. The van der Waals surface area contributed by atoms with Crippen molar-refractivity contribution >= 4 is 45.7 Å². The molecule has 4 aromatic rings. The fourth-order valence-corrected chi connectivity index (χ4v) is 4.43. The number of furan rings is 2. The zero-order valence-corrected chi connectivity index (χ0v) is 25.8. The van der Waals surface area contributed by atoms with E-state index in [0.717, 1.165) is 10.8 Å². The molecule has 0 spiro atoms. The molecule has 0 aliphatic carbocycles. The SMILES string of the molecule is C#CC[C@@H](NC(=O)Cc1coc2cc(OC)ccc12)C(=O)OC.C#CC[C@@](C)(NC(=O)Cc1coc2cc(OC)ccc12)C(=O)O. The lowest BCUT2D eigenvalue weighted by Crippen LogP contribution is -2.52. The predicted octanol–water partition coefficient (Wildman–Crippen LogP) is 3.63. The van der Waals surface area contributed by atoms with Gasteiger partial charge in [-0.15, -0.1) is 24.7 Å². The molecule has 2 heterocycles. The third kappa shape index (κ3) is 8.61. The first kappa shape index (κ1) is 34.6. The van der Waals surface area contributed by atoms with Crippen LogP contribution in [-0.2, 0) is 36.8 Å². The van der Waals surface area contributed by atoms with E-state index in [1.807, 2.05) is 6.07 Å². The van der Waals surface area contributed by atoms with Crippen LogP contribution in [-0.4, -0.2) is 61.8 Å². The number of esters is 1. The second-order valence-electron chi connectivity index (χ2n) is 10.2. The lowest BCUT2D eigenvalue weighted by molar-refractivity contribution is -0.146. The average Bonchev–Trinajstić information content (AvgIpc) is 3.63. The lowest BCUT2D eigenvalue weighted by atomic mass is 9.98. The van der Waals surface area contributed by atoms with E-state index in [9.17, 15) is 24.3 Å². The molecule has 46 heavy (non-hydrogen) atoms. The van der Waals surface area contributed by atoms with Gasteiger partial charge in [-0.05, 0) is 31.2 Å². The standard InChI is InChI=1S/2C17H17NO5/c1-4-7-17(2,16(20)21)18-15(19)8-11-10-23-14-9-12(22-3)5-6-13(11)14;1-4-5-14(17(20)22-3)18-16(19)8-11-10-23-15-9-12(21-2)6-7-13(11)15/h1,5-6,9-10H,7-8H2,2-3H3,(H,18,19)(H,20,21);1,6-7,9-10,14H,5,8H2,2-3H3,(H,18,19)/t17-;14-/m11/s1. The molecule has 0 radical (unpaired) electrons. The van der Waals surface area contributed by atoms with Crippen LogP contribution in [0, 0.1) is 24.7 Å². The van der Waals surface area contributed by atoms with Crippen molar-refractivity contribution in [3.05, 3.63) is 60.1 Å². The Bertz CT molecular complexity index is 1800. The van der Waals surface area contributed by atoms with E-state index in [2.05, 4.69) is 27.2 Å². The van der Waals surface area contributed by atoms with E-state index in [1.54, 1.807) is 44.6 Å². The number of benzene rings is 2. The second kappa shape index (κ2) is 15.7. The highest BCUT2D eigenvalue weighted by atomic mass is 16.5. The summed E-state index contributed by atoms with van der Waals surface area (Å²) < 4.78 is 25.7. The molecule has 240 valence electrons. The molecule has 12 heteroatoms. The monoisotopic (exact) mass is 630 g/mol. The van der Waals surface area contributed by atoms with Crippen molar-refractivity contribution < 1.29 is 47.3 Å². The Kier molecular flexibility index (Phi) is 11.8. The van der Waals surface area contributed by atoms with Crippen molar-refractivity contribution in [2.75, 3.05) is 21.3 Å². The third-order valence-corrected chi connectivity index (χ3v) is 6.91. The smallest absolute Gasteiger partial charge is 0.330 e. The minimum Gasteiger partial charge on any atom is -0.497 e. The Labute approximate surface area is 265 Å². The maximum atomic E-state index is 12.2. The van der Waals surface area contributed by atoms with Gasteiger partial charge in [0.25, 0.3) is 0 Å². The number of carboxylic acids is 1. The Morgan fingerprint density at radius 1 is 0.870 bits per heavy atom. The molecule has 2 amide bonds. The number of methoxy groups -OCH3 is 3. The number of carboxylic acid groups (broad SMARTS) is 1. The number of fused-ring (bicyclic) bond motifs is 2. The molecule has 3 N–H and O–H groups in total. The van der Waals surface area contributed by atoms with E-state index >= 15 is 0 Å². The first-order chi connectivity index (χ1) is 22.0. The minimum absolute atomic E-state index is 0.00717. The van der Waals surface area contributed by atoms with Crippen LogP contribution in [0.3, 0.4) is 0 Å². The predicted molar refractivity (Wildman–Crippen MR) is 168 cm³/mol. The van der Waals surface area contributed by atoms with Gasteiger partial charge in [0.05, 0.1) is 46.7 Å². The van der Waals surface area contributed by atoms with Gasteiger partial charge in [-0.25, -0.2) is 9.59 Å². The Hall–Kier alpha value is -5.88. The van der Waals surface area contributed by atoms with Gasteiger partial charge < -0.3 is 38.8 Å². The van der Waals surface area contributed by atoms with Gasteiger partial charge in [-0.1, -0.05) is 0 Å². The number of ether oxygens (including phenoxy) is 3. The van der Waals surface area contributed by atoms with E-state index in [1.165, 1.54) is 26.6 Å². The number of amides is 2. The van der Waals surface area contributed by atoms with Crippen LogP contribution in [0.15, 0.2) is 57.8 Å². The van der Waals surface area contributed by atoms with Crippen LogP contribution in [0.4, 0.5) is 0 Å². The number of hydrogen-bond acceptors (Lipinski definition) is 9. The van der Waals surface area contributed by atoms with Gasteiger partial charge in [0.15, 0.2) is 0 Å². The first-order valence-electron chi connectivity index (χ1n) is 13.8. The van der Waals surface area contributed by atoms with Gasteiger partial charge >= 0.3 is 11.9 Å². The number of carbonyl (C=O) groups is 4. The summed E-state index contributed by atoms with van der Waals surface area (Å²) in [5.74, 6) is 3.40. The Balaban J connectivity index is 0.000000250. The van der Waals surface area contributed by atoms with Crippen molar-refractivity contribution in [1.29, 1.82) is 0 Å². The van der Waals surface area contributed by atoms with E-state index in [0.29, 0.717) is 33.8 Å². The summed E-state index contributed by atoms with van der Waals surface area (Å²) in [6, 6.07) is 9.77. The van der Waals surface area contributed by atoms with Crippen molar-refractivity contribution in [3.63, 3.8) is 0 Å². The molecule has 0 saturated heterocycles. The summed E-state index contributed by atoms with van der Waals surface area (Å²) >= 11 is 0. The van der Waals surface area contributed by atoms with Crippen LogP contribution in [0.1, 0.15) is 30.9 Å². The minimum atomic E-state index is -1.49. The van der Waals surface area contributed by atoms with Gasteiger partial charge in [-0.2, -0.15) is 0 Å². The molecule has 0 aliphatic heterocycles. The zero-order valence-electron chi connectivity index (χ0n) is 25.8.